The molecule has 1 atom stereocenters. The highest BCUT2D eigenvalue weighted by molar-refractivity contribution is 6.74. The van der Waals surface area contributed by atoms with Gasteiger partial charge in [0.2, 0.25) is 0 Å². The summed E-state index contributed by atoms with van der Waals surface area (Å²) >= 11 is 0. The molecule has 8 heteroatoms. The molecule has 1 fully saturated rings. The molecule has 1 saturated carbocycles. The Hall–Kier alpha value is -1.74. The first-order valence-electron chi connectivity index (χ1n) is 14.5. The number of aromatic nitrogens is 1. The van der Waals surface area contributed by atoms with E-state index in [4.69, 9.17) is 14.1 Å². The van der Waals surface area contributed by atoms with Gasteiger partial charge in [0.25, 0.3) is 0 Å². The highest BCUT2D eigenvalue weighted by Crippen LogP contribution is 2.54. The van der Waals surface area contributed by atoms with E-state index >= 15 is 0 Å². The zero-order valence-electron chi connectivity index (χ0n) is 25.4. The normalized spacial score (nSPS) is 20.1. The Morgan fingerprint density at radius 2 is 1.73 bits per heavy atom. The van der Waals surface area contributed by atoms with Gasteiger partial charge in [-0.05, 0) is 84.0 Å². The number of nitrogens with zero attached hydrogens (tertiary/aromatic N) is 1. The topological polar surface area (TPSA) is 51.6 Å². The molecule has 2 aliphatic rings. The molecule has 1 N–H and O–H groups in total. The number of fused-ring (bicyclic) bond motifs is 1. The number of hydrogen-bond donors (Lipinski definition) is 1. The molecule has 2 aromatic rings. The summed E-state index contributed by atoms with van der Waals surface area (Å²) in [4.78, 5) is 5.11. The molecule has 0 spiro atoms. The number of hydrogen-bond acceptors (Lipinski definition) is 4. The third kappa shape index (κ3) is 6.20. The van der Waals surface area contributed by atoms with Gasteiger partial charge >= 0.3 is 6.18 Å². The van der Waals surface area contributed by atoms with Gasteiger partial charge in [-0.2, -0.15) is 13.2 Å². The van der Waals surface area contributed by atoms with Crippen LogP contribution < -0.4 is 0 Å². The summed E-state index contributed by atoms with van der Waals surface area (Å²) in [5, 5.41) is 9.89. The Bertz CT molecular complexity index is 1230. The van der Waals surface area contributed by atoms with Gasteiger partial charge in [-0.25, -0.2) is 0 Å². The maximum absolute atomic E-state index is 14.5. The molecular weight excluding hydrogens is 531 g/mol. The zero-order valence-corrected chi connectivity index (χ0v) is 26.4. The molecule has 0 aliphatic heterocycles. The van der Waals surface area contributed by atoms with Crippen molar-refractivity contribution < 1.29 is 27.4 Å². The van der Waals surface area contributed by atoms with Crippen LogP contribution in [0.3, 0.4) is 0 Å². The van der Waals surface area contributed by atoms with Crippen molar-refractivity contribution in [1.82, 2.24) is 4.98 Å². The number of halogens is 3. The van der Waals surface area contributed by atoms with E-state index in [2.05, 4.69) is 47.7 Å². The van der Waals surface area contributed by atoms with E-state index in [-0.39, 0.29) is 41.3 Å². The standard InChI is InChI=1S/C32H46F3NO3Si/c1-30(2,3)40(7,8)39-26-17-31(4,5)16-24-29(26)27(21-11-9-10-12-21)28(25(36-24)19-38-6)22-15-20(18-37)13-14-23(22)32(33,34)35/h13-15,21,26,37H,9-12,16-19H2,1-8H3/t26-/m0/s1. The van der Waals surface area contributed by atoms with Gasteiger partial charge in [-0.3, -0.25) is 4.98 Å². The number of pyridine rings is 1. The number of methoxy groups -OCH3 is 1. The predicted molar refractivity (Wildman–Crippen MR) is 156 cm³/mol. The van der Waals surface area contributed by atoms with E-state index in [1.807, 2.05) is 0 Å². The smallest absolute Gasteiger partial charge is 0.410 e. The Morgan fingerprint density at radius 3 is 2.27 bits per heavy atom. The highest BCUT2D eigenvalue weighted by Gasteiger charge is 2.46. The van der Waals surface area contributed by atoms with Crippen molar-refractivity contribution in [2.45, 2.75) is 123 Å². The quantitative estimate of drug-likeness (QED) is 0.334. The van der Waals surface area contributed by atoms with Gasteiger partial charge in [0.1, 0.15) is 0 Å². The van der Waals surface area contributed by atoms with Crippen LogP contribution in [-0.2, 0) is 35.0 Å². The third-order valence-corrected chi connectivity index (χ3v) is 13.7. The van der Waals surface area contributed by atoms with Gasteiger partial charge in [-0.1, -0.05) is 53.5 Å². The molecule has 0 bridgehead atoms. The molecule has 4 nitrogen and oxygen atoms in total. The number of aliphatic hydroxyl groups excluding tert-OH is 1. The van der Waals surface area contributed by atoms with Gasteiger partial charge in [-0.15, -0.1) is 0 Å². The molecule has 2 aliphatic carbocycles. The lowest BCUT2D eigenvalue weighted by atomic mass is 9.70. The van der Waals surface area contributed by atoms with E-state index in [0.29, 0.717) is 16.8 Å². The highest BCUT2D eigenvalue weighted by atomic mass is 28.4. The summed E-state index contributed by atoms with van der Waals surface area (Å²) in [5.41, 5.74) is 3.72. The summed E-state index contributed by atoms with van der Waals surface area (Å²) in [6, 6.07) is 3.96. The van der Waals surface area contributed by atoms with Crippen LogP contribution in [0.1, 0.15) is 112 Å². The average Bonchev–Trinajstić information content (AvgIpc) is 3.35. The molecule has 0 radical (unpaired) electrons. The molecule has 1 heterocycles. The molecule has 1 aromatic carbocycles. The second-order valence-corrected chi connectivity index (χ2v) is 18.8. The monoisotopic (exact) mass is 577 g/mol. The number of ether oxygens (including phenoxy) is 1. The first-order valence-corrected chi connectivity index (χ1v) is 17.4. The molecule has 0 saturated heterocycles. The Kier molecular flexibility index (Phi) is 8.70. The Morgan fingerprint density at radius 1 is 1.07 bits per heavy atom. The van der Waals surface area contributed by atoms with E-state index < -0.39 is 20.1 Å². The second-order valence-electron chi connectivity index (χ2n) is 14.1. The summed E-state index contributed by atoms with van der Waals surface area (Å²) in [6.07, 6.45) is 0.661. The molecule has 4 rings (SSSR count). The number of benzene rings is 1. The van der Waals surface area contributed by atoms with E-state index in [0.717, 1.165) is 61.4 Å². The van der Waals surface area contributed by atoms with Gasteiger partial charge in [0.15, 0.2) is 8.32 Å². The van der Waals surface area contributed by atoms with Crippen LogP contribution in [0.4, 0.5) is 13.2 Å². The first-order chi connectivity index (χ1) is 18.5. The van der Waals surface area contributed by atoms with E-state index in [9.17, 15) is 18.3 Å². The van der Waals surface area contributed by atoms with Crippen molar-refractivity contribution in [1.29, 1.82) is 0 Å². The van der Waals surface area contributed by atoms with Crippen LogP contribution in [-0.4, -0.2) is 25.5 Å². The molecule has 0 amide bonds. The van der Waals surface area contributed by atoms with Crippen LogP contribution in [0.25, 0.3) is 11.1 Å². The van der Waals surface area contributed by atoms with Crippen LogP contribution in [0.5, 0.6) is 0 Å². The molecule has 0 unspecified atom stereocenters. The van der Waals surface area contributed by atoms with Gasteiger partial charge in [0.05, 0.1) is 30.6 Å². The minimum atomic E-state index is -4.56. The predicted octanol–water partition coefficient (Wildman–Crippen LogP) is 9.10. The van der Waals surface area contributed by atoms with Crippen molar-refractivity contribution in [3.8, 4) is 11.1 Å². The average molecular weight is 578 g/mol. The lowest BCUT2D eigenvalue weighted by molar-refractivity contribution is -0.137. The molecular formula is C32H46F3NO3Si. The van der Waals surface area contributed by atoms with Crippen molar-refractivity contribution >= 4 is 8.32 Å². The van der Waals surface area contributed by atoms with Crippen LogP contribution in [0.2, 0.25) is 18.1 Å². The largest absolute Gasteiger partial charge is 0.417 e. The lowest BCUT2D eigenvalue weighted by Gasteiger charge is -2.45. The summed E-state index contributed by atoms with van der Waals surface area (Å²) in [7, 11) is -0.675. The van der Waals surface area contributed by atoms with Crippen molar-refractivity contribution in [3.05, 3.63) is 51.8 Å². The maximum atomic E-state index is 14.5. The van der Waals surface area contributed by atoms with Crippen molar-refractivity contribution in [3.63, 3.8) is 0 Å². The Balaban J connectivity index is 2.11. The fraction of sp³-hybridized carbons (Fsp3) is 0.656. The summed E-state index contributed by atoms with van der Waals surface area (Å²) in [6.45, 7) is 15.3. The molecule has 40 heavy (non-hydrogen) atoms. The van der Waals surface area contributed by atoms with Gasteiger partial charge in [0, 0.05) is 23.9 Å². The first kappa shape index (κ1) is 31.2. The second kappa shape index (κ2) is 11.2. The van der Waals surface area contributed by atoms with Crippen LogP contribution in [0, 0.1) is 5.41 Å². The van der Waals surface area contributed by atoms with Crippen LogP contribution >= 0.6 is 0 Å². The Labute approximate surface area is 238 Å². The third-order valence-electron chi connectivity index (χ3n) is 9.26. The van der Waals surface area contributed by atoms with E-state index in [1.165, 1.54) is 12.1 Å². The van der Waals surface area contributed by atoms with Crippen molar-refractivity contribution in [2.75, 3.05) is 7.11 Å². The van der Waals surface area contributed by atoms with Crippen LogP contribution in [0.15, 0.2) is 18.2 Å². The molecule has 222 valence electrons. The maximum Gasteiger partial charge on any atom is 0.417 e. The minimum absolute atomic E-state index is 0.0204. The summed E-state index contributed by atoms with van der Waals surface area (Å²) in [5.74, 6) is 0.118. The minimum Gasteiger partial charge on any atom is -0.410 e. The van der Waals surface area contributed by atoms with Gasteiger partial charge < -0.3 is 14.3 Å². The lowest BCUT2D eigenvalue weighted by Crippen LogP contribution is -2.44. The van der Waals surface area contributed by atoms with E-state index in [1.54, 1.807) is 7.11 Å². The number of alkyl halides is 3. The number of rotatable bonds is 7. The zero-order chi connectivity index (χ0) is 29.7. The fourth-order valence-corrected chi connectivity index (χ4v) is 7.57. The molecule has 1 aromatic heterocycles. The fourth-order valence-electron chi connectivity index (χ4n) is 6.31. The SMILES string of the molecule is COCc1nc2c(c(C3CCCC3)c1-c1cc(CO)ccc1C(F)(F)F)[C@@H](O[Si](C)(C)C(C)(C)C)CC(C)(C)C2. The summed E-state index contributed by atoms with van der Waals surface area (Å²) < 4.78 is 56.3. The number of aliphatic hydroxyl groups is 1. The van der Waals surface area contributed by atoms with Crippen molar-refractivity contribution in [2.24, 2.45) is 5.41 Å².